The van der Waals surface area contributed by atoms with Crippen molar-refractivity contribution in [3.05, 3.63) is 69.8 Å². The van der Waals surface area contributed by atoms with Crippen LogP contribution in [-0.4, -0.2) is 29.3 Å². The van der Waals surface area contributed by atoms with Crippen LogP contribution >= 0.6 is 0 Å². The van der Waals surface area contributed by atoms with E-state index in [0.29, 0.717) is 0 Å². The third kappa shape index (κ3) is 5.13. The number of anilines is 1. The number of nitrogens with one attached hydrogen (secondary N) is 1. The number of imide groups is 1. The lowest BCUT2D eigenvalue weighted by Gasteiger charge is -2.06. The summed E-state index contributed by atoms with van der Waals surface area (Å²) < 4.78 is 4.75. The monoisotopic (exact) mass is 357 g/mol. The van der Waals surface area contributed by atoms with Gasteiger partial charge in [-0.2, -0.15) is 0 Å². The Labute approximate surface area is 147 Å². The van der Waals surface area contributed by atoms with Gasteiger partial charge >= 0.3 is 5.97 Å². The number of nitro groups is 1. The summed E-state index contributed by atoms with van der Waals surface area (Å²) in [5, 5.41) is 12.9. The number of nitrogens with two attached hydrogens (primary N) is 1. The fourth-order valence-electron chi connectivity index (χ4n) is 2.06. The second-order valence-corrected chi connectivity index (χ2v) is 5.24. The first-order valence-electron chi connectivity index (χ1n) is 7.44. The molecule has 0 radical (unpaired) electrons. The molecule has 26 heavy (non-hydrogen) atoms. The van der Waals surface area contributed by atoms with Gasteiger partial charge in [-0.05, 0) is 17.7 Å². The zero-order valence-electron chi connectivity index (χ0n) is 13.5. The van der Waals surface area contributed by atoms with Crippen molar-refractivity contribution in [3.8, 4) is 0 Å². The summed E-state index contributed by atoms with van der Waals surface area (Å²) in [6, 6.07) is 12.2. The molecule has 0 aliphatic rings. The number of amides is 2. The maximum absolute atomic E-state index is 11.9. The Balaban J connectivity index is 1.87. The molecule has 0 aliphatic carbocycles. The van der Waals surface area contributed by atoms with Crippen molar-refractivity contribution in [1.82, 2.24) is 5.32 Å². The number of rotatable bonds is 6. The van der Waals surface area contributed by atoms with Crippen molar-refractivity contribution in [3.63, 3.8) is 0 Å². The maximum Gasteiger partial charge on any atom is 0.338 e. The Morgan fingerprint density at radius 2 is 1.77 bits per heavy atom. The molecule has 0 aliphatic heterocycles. The van der Waals surface area contributed by atoms with Crippen molar-refractivity contribution >= 4 is 29.2 Å². The molecule has 0 spiro atoms. The number of hydrogen-bond donors (Lipinski definition) is 2. The number of hydrogen-bond acceptors (Lipinski definition) is 7. The van der Waals surface area contributed by atoms with E-state index in [1.165, 1.54) is 12.1 Å². The number of nitrogen functional groups attached to an aromatic ring is 1. The van der Waals surface area contributed by atoms with Gasteiger partial charge in [-0.15, -0.1) is 0 Å². The third-order valence-electron chi connectivity index (χ3n) is 3.28. The van der Waals surface area contributed by atoms with Crippen LogP contribution in [0.15, 0.2) is 48.5 Å². The molecule has 0 atom stereocenters. The predicted octanol–water partition coefficient (Wildman–Crippen LogP) is 1.22. The van der Waals surface area contributed by atoms with Gasteiger partial charge in [0, 0.05) is 6.07 Å². The van der Waals surface area contributed by atoms with Crippen molar-refractivity contribution in [2.75, 3.05) is 12.3 Å². The summed E-state index contributed by atoms with van der Waals surface area (Å²) in [7, 11) is 0. The van der Waals surface area contributed by atoms with Gasteiger partial charge < -0.3 is 10.5 Å². The molecule has 9 nitrogen and oxygen atoms in total. The number of nitro benzene ring substituents is 1. The molecule has 9 heteroatoms. The second-order valence-electron chi connectivity index (χ2n) is 5.24. The molecule has 3 N–H and O–H groups in total. The molecule has 0 bridgehead atoms. The van der Waals surface area contributed by atoms with Gasteiger partial charge in [0.1, 0.15) is 5.69 Å². The van der Waals surface area contributed by atoms with Crippen molar-refractivity contribution in [1.29, 1.82) is 0 Å². The Bertz CT molecular complexity index is 851. The van der Waals surface area contributed by atoms with Crippen LogP contribution in [0.1, 0.15) is 15.9 Å². The van der Waals surface area contributed by atoms with E-state index >= 15 is 0 Å². The predicted molar refractivity (Wildman–Crippen MR) is 91.1 cm³/mol. The highest BCUT2D eigenvalue weighted by atomic mass is 16.6. The Kier molecular flexibility index (Phi) is 5.99. The first-order valence-corrected chi connectivity index (χ1v) is 7.44. The quantitative estimate of drug-likeness (QED) is 0.342. The molecule has 0 unspecified atom stereocenters. The van der Waals surface area contributed by atoms with E-state index in [0.717, 1.165) is 11.6 Å². The molecule has 0 saturated carbocycles. The minimum Gasteiger partial charge on any atom is -0.452 e. The van der Waals surface area contributed by atoms with Crippen LogP contribution in [0, 0.1) is 10.1 Å². The average molecular weight is 357 g/mol. The van der Waals surface area contributed by atoms with E-state index in [9.17, 15) is 24.5 Å². The molecule has 2 rings (SSSR count). The summed E-state index contributed by atoms with van der Waals surface area (Å²) in [5.74, 6) is -2.29. The van der Waals surface area contributed by atoms with Crippen molar-refractivity contribution in [2.24, 2.45) is 0 Å². The number of nitrogens with zero attached hydrogens (tertiary/aromatic N) is 1. The smallest absolute Gasteiger partial charge is 0.338 e. The molecular formula is C17H15N3O6. The Morgan fingerprint density at radius 1 is 1.08 bits per heavy atom. The van der Waals surface area contributed by atoms with Crippen LogP contribution in [0.2, 0.25) is 0 Å². The number of carbonyl (C=O) groups is 3. The molecule has 134 valence electrons. The lowest BCUT2D eigenvalue weighted by Crippen LogP contribution is -2.35. The third-order valence-corrected chi connectivity index (χ3v) is 3.28. The van der Waals surface area contributed by atoms with Gasteiger partial charge in [-0.3, -0.25) is 25.0 Å². The van der Waals surface area contributed by atoms with Crippen LogP contribution < -0.4 is 11.1 Å². The zero-order chi connectivity index (χ0) is 19.1. The zero-order valence-corrected chi connectivity index (χ0v) is 13.5. The van der Waals surface area contributed by atoms with E-state index in [1.807, 2.05) is 0 Å². The maximum atomic E-state index is 11.9. The molecule has 0 heterocycles. The summed E-state index contributed by atoms with van der Waals surface area (Å²) in [6.45, 7) is -0.697. The SMILES string of the molecule is Nc1ccc(C(=O)OCC(=O)NC(=O)Cc2ccccc2)cc1[N+](=O)[O-]. The standard InChI is InChI=1S/C17H15N3O6/c18-13-7-6-12(9-14(13)20(24)25)17(23)26-10-16(22)19-15(21)8-11-4-2-1-3-5-11/h1-7,9H,8,10,18H2,(H,19,21,22). The van der Waals surface area contributed by atoms with Gasteiger partial charge in [0.05, 0.1) is 16.9 Å². The topological polar surface area (TPSA) is 142 Å². The fourth-order valence-corrected chi connectivity index (χ4v) is 2.06. The minimum atomic E-state index is -0.946. The number of benzene rings is 2. The average Bonchev–Trinajstić information content (AvgIpc) is 2.60. The van der Waals surface area contributed by atoms with Crippen molar-refractivity contribution in [2.45, 2.75) is 6.42 Å². The lowest BCUT2D eigenvalue weighted by atomic mass is 10.1. The first kappa shape index (κ1) is 18.6. The van der Waals surface area contributed by atoms with Crippen LogP contribution in [0.5, 0.6) is 0 Å². The molecule has 0 aromatic heterocycles. The Morgan fingerprint density at radius 3 is 2.42 bits per heavy atom. The van der Waals surface area contributed by atoms with Crippen LogP contribution in [0.4, 0.5) is 11.4 Å². The molecule has 2 aromatic carbocycles. The molecular weight excluding hydrogens is 342 g/mol. The normalized spacial score (nSPS) is 10.0. The number of carbonyl (C=O) groups excluding carboxylic acids is 3. The highest BCUT2D eigenvalue weighted by Gasteiger charge is 2.18. The summed E-state index contributed by atoms with van der Waals surface area (Å²) in [4.78, 5) is 45.3. The summed E-state index contributed by atoms with van der Waals surface area (Å²) >= 11 is 0. The van der Waals surface area contributed by atoms with E-state index in [1.54, 1.807) is 30.3 Å². The Hall–Kier alpha value is -3.75. The first-order chi connectivity index (χ1) is 12.4. The van der Waals surface area contributed by atoms with Gasteiger partial charge in [-0.1, -0.05) is 30.3 Å². The summed E-state index contributed by atoms with van der Waals surface area (Å²) in [5.41, 5.74) is 5.49. The molecule has 2 aromatic rings. The van der Waals surface area contributed by atoms with Gasteiger partial charge in [0.25, 0.3) is 11.6 Å². The van der Waals surface area contributed by atoms with Crippen LogP contribution in [0.25, 0.3) is 0 Å². The van der Waals surface area contributed by atoms with Gasteiger partial charge in [-0.25, -0.2) is 4.79 Å². The fraction of sp³-hybridized carbons (Fsp3) is 0.118. The van der Waals surface area contributed by atoms with E-state index in [2.05, 4.69) is 5.32 Å². The van der Waals surface area contributed by atoms with Crippen LogP contribution in [0.3, 0.4) is 0 Å². The number of ether oxygens (including phenoxy) is 1. The second kappa shape index (κ2) is 8.38. The van der Waals surface area contributed by atoms with Crippen molar-refractivity contribution < 1.29 is 24.0 Å². The minimum absolute atomic E-state index is 0.00465. The van der Waals surface area contributed by atoms with E-state index in [-0.39, 0.29) is 17.7 Å². The highest BCUT2D eigenvalue weighted by molar-refractivity contribution is 5.98. The molecule has 2 amide bonds. The van der Waals surface area contributed by atoms with Gasteiger partial charge in [0.2, 0.25) is 5.91 Å². The van der Waals surface area contributed by atoms with E-state index in [4.69, 9.17) is 10.5 Å². The highest BCUT2D eigenvalue weighted by Crippen LogP contribution is 2.22. The summed E-state index contributed by atoms with van der Waals surface area (Å²) in [6.07, 6.45) is 0.00465. The van der Waals surface area contributed by atoms with Gasteiger partial charge in [0.15, 0.2) is 6.61 Å². The van der Waals surface area contributed by atoms with Crippen LogP contribution in [-0.2, 0) is 20.7 Å². The van der Waals surface area contributed by atoms with E-state index < -0.39 is 35.0 Å². The molecule has 0 saturated heterocycles. The molecule has 0 fully saturated rings. The lowest BCUT2D eigenvalue weighted by molar-refractivity contribution is -0.383. The number of esters is 1. The largest absolute Gasteiger partial charge is 0.452 e.